The van der Waals surface area contributed by atoms with Gasteiger partial charge in [-0.3, -0.25) is 10.00 Å². The first-order valence-corrected chi connectivity index (χ1v) is 5.46. The Balaban J connectivity index is 2.20. The molecule has 0 unspecified atom stereocenters. The number of carbonyl (C=O) groups is 1. The summed E-state index contributed by atoms with van der Waals surface area (Å²) in [5.74, 6) is 0. The molecule has 0 aliphatic carbocycles. The maximum absolute atomic E-state index is 11.3. The Morgan fingerprint density at radius 1 is 1.61 bits per heavy atom. The van der Waals surface area contributed by atoms with Crippen molar-refractivity contribution in [3.8, 4) is 0 Å². The number of nitrogens with zero attached hydrogens (tertiary/aromatic N) is 3. The predicted molar refractivity (Wildman–Crippen MR) is 65.3 cm³/mol. The van der Waals surface area contributed by atoms with Gasteiger partial charge in [0, 0.05) is 12.4 Å². The van der Waals surface area contributed by atoms with E-state index in [2.05, 4.69) is 15.4 Å². The zero-order valence-corrected chi connectivity index (χ0v) is 10.2. The summed E-state index contributed by atoms with van der Waals surface area (Å²) >= 11 is 0. The van der Waals surface area contributed by atoms with E-state index in [-0.39, 0.29) is 13.2 Å². The van der Waals surface area contributed by atoms with Crippen LogP contribution in [0, 0.1) is 6.92 Å². The Labute approximate surface area is 103 Å². The number of ether oxygens (including phenoxy) is 1. The highest BCUT2D eigenvalue weighted by atomic mass is 16.6. The first kappa shape index (κ1) is 12.3. The Hall–Kier alpha value is -2.15. The monoisotopic (exact) mass is 250 g/mol. The molecule has 0 aliphatic rings. The van der Waals surface area contributed by atoms with E-state index in [1.807, 2.05) is 14.0 Å². The Morgan fingerprint density at radius 3 is 3.11 bits per heavy atom. The van der Waals surface area contributed by atoms with Crippen LogP contribution < -0.4 is 5.32 Å². The molecule has 7 heteroatoms. The lowest BCUT2D eigenvalue weighted by Crippen LogP contribution is -2.15. The van der Waals surface area contributed by atoms with Gasteiger partial charge < -0.3 is 9.84 Å². The number of fused-ring (bicyclic) bond motifs is 1. The fourth-order valence-electron chi connectivity index (χ4n) is 1.67. The lowest BCUT2D eigenvalue weighted by atomic mass is 10.2. The van der Waals surface area contributed by atoms with Crippen molar-refractivity contribution in [3.63, 3.8) is 0 Å². The molecular formula is C11H14N4O3. The molecule has 0 saturated heterocycles. The van der Waals surface area contributed by atoms with Crippen LogP contribution >= 0.6 is 0 Å². The van der Waals surface area contributed by atoms with Gasteiger partial charge >= 0.3 is 6.09 Å². The maximum Gasteiger partial charge on any atom is 0.411 e. The first-order chi connectivity index (χ1) is 8.61. The zero-order valence-electron chi connectivity index (χ0n) is 10.2. The lowest BCUT2D eigenvalue weighted by Gasteiger charge is -2.05. The Kier molecular flexibility index (Phi) is 3.42. The summed E-state index contributed by atoms with van der Waals surface area (Å²) < 4.78 is 6.37. The maximum atomic E-state index is 11.3. The van der Waals surface area contributed by atoms with Crippen LogP contribution in [0.4, 0.5) is 10.5 Å². The van der Waals surface area contributed by atoms with Crippen molar-refractivity contribution in [1.82, 2.24) is 14.8 Å². The largest absolute Gasteiger partial charge is 0.447 e. The number of hydrogen-bond acceptors (Lipinski definition) is 5. The molecule has 2 aromatic rings. The number of carbonyl (C=O) groups excluding carboxylic acids is 1. The van der Waals surface area contributed by atoms with Gasteiger partial charge in [0.2, 0.25) is 0 Å². The van der Waals surface area contributed by atoms with Crippen molar-refractivity contribution in [2.45, 2.75) is 6.92 Å². The molecule has 0 bridgehead atoms. The van der Waals surface area contributed by atoms with Crippen molar-refractivity contribution in [2.75, 3.05) is 18.5 Å². The van der Waals surface area contributed by atoms with Gasteiger partial charge in [-0.2, -0.15) is 5.10 Å². The number of nitrogens with one attached hydrogen (secondary N) is 1. The summed E-state index contributed by atoms with van der Waals surface area (Å²) in [7, 11) is 1.81. The van der Waals surface area contributed by atoms with Crippen molar-refractivity contribution in [1.29, 1.82) is 0 Å². The minimum Gasteiger partial charge on any atom is -0.447 e. The summed E-state index contributed by atoms with van der Waals surface area (Å²) in [4.78, 5) is 15.5. The smallest absolute Gasteiger partial charge is 0.411 e. The minimum atomic E-state index is -0.619. The van der Waals surface area contributed by atoms with Gasteiger partial charge in [0.05, 0.1) is 24.2 Å². The Morgan fingerprint density at radius 2 is 2.39 bits per heavy atom. The van der Waals surface area contributed by atoms with Gasteiger partial charge in [-0.15, -0.1) is 0 Å². The van der Waals surface area contributed by atoms with Gasteiger partial charge in [0.1, 0.15) is 6.61 Å². The molecule has 0 radical (unpaired) electrons. The summed E-state index contributed by atoms with van der Waals surface area (Å²) in [6.07, 6.45) is 0.913. The first-order valence-electron chi connectivity index (χ1n) is 5.46. The van der Waals surface area contributed by atoms with Crippen LogP contribution in [0.3, 0.4) is 0 Å². The van der Waals surface area contributed by atoms with E-state index in [1.54, 1.807) is 10.7 Å². The zero-order chi connectivity index (χ0) is 13.1. The number of anilines is 1. The summed E-state index contributed by atoms with van der Waals surface area (Å²) in [5.41, 5.74) is 2.12. The molecule has 0 aromatic carbocycles. The third kappa shape index (κ3) is 2.40. The van der Waals surface area contributed by atoms with Gasteiger partial charge in [-0.05, 0) is 13.0 Å². The molecule has 18 heavy (non-hydrogen) atoms. The van der Waals surface area contributed by atoms with Crippen LogP contribution in [0.15, 0.2) is 12.3 Å². The van der Waals surface area contributed by atoms with Crippen LogP contribution in [-0.4, -0.2) is 39.2 Å². The molecule has 2 heterocycles. The van der Waals surface area contributed by atoms with Gasteiger partial charge in [0.15, 0.2) is 5.65 Å². The second-order valence-corrected chi connectivity index (χ2v) is 3.79. The van der Waals surface area contributed by atoms with Crippen LogP contribution in [0.25, 0.3) is 11.0 Å². The topological polar surface area (TPSA) is 89.3 Å². The number of amides is 1. The van der Waals surface area contributed by atoms with E-state index in [9.17, 15) is 4.79 Å². The molecule has 0 fully saturated rings. The van der Waals surface area contributed by atoms with Gasteiger partial charge in [0.25, 0.3) is 0 Å². The van der Waals surface area contributed by atoms with Crippen molar-refractivity contribution < 1.29 is 14.6 Å². The van der Waals surface area contributed by atoms with E-state index < -0.39 is 6.09 Å². The van der Waals surface area contributed by atoms with E-state index in [0.29, 0.717) is 5.69 Å². The van der Waals surface area contributed by atoms with Crippen LogP contribution in [0.2, 0.25) is 0 Å². The molecule has 0 spiro atoms. The standard InChI is InChI=1S/C11H14N4O3/c1-7-9-5-8(13-11(17)18-4-3-16)6-12-10(9)15(2)14-7/h5-6,16H,3-4H2,1-2H3,(H,13,17). The normalized spacial score (nSPS) is 10.6. The molecule has 2 rings (SSSR count). The number of pyridine rings is 1. The highest BCUT2D eigenvalue weighted by Crippen LogP contribution is 2.19. The van der Waals surface area contributed by atoms with E-state index in [0.717, 1.165) is 16.7 Å². The summed E-state index contributed by atoms with van der Waals surface area (Å²) in [6, 6.07) is 1.78. The third-order valence-corrected chi connectivity index (χ3v) is 2.43. The van der Waals surface area contributed by atoms with Crippen molar-refractivity contribution >= 4 is 22.8 Å². The molecule has 96 valence electrons. The highest BCUT2D eigenvalue weighted by Gasteiger charge is 2.09. The van der Waals surface area contributed by atoms with E-state index in [1.165, 1.54) is 6.20 Å². The molecule has 0 saturated carbocycles. The number of aliphatic hydroxyl groups excluding tert-OH is 1. The molecule has 2 aromatic heterocycles. The quantitative estimate of drug-likeness (QED) is 0.841. The molecule has 7 nitrogen and oxygen atoms in total. The molecule has 0 atom stereocenters. The van der Waals surface area contributed by atoms with Gasteiger partial charge in [-0.25, -0.2) is 9.78 Å². The number of aromatic nitrogens is 3. The second-order valence-electron chi connectivity index (χ2n) is 3.79. The van der Waals surface area contributed by atoms with E-state index in [4.69, 9.17) is 9.84 Å². The fourth-order valence-corrected chi connectivity index (χ4v) is 1.67. The minimum absolute atomic E-state index is 0.0343. The average molecular weight is 250 g/mol. The third-order valence-electron chi connectivity index (χ3n) is 2.43. The molecular weight excluding hydrogens is 236 g/mol. The lowest BCUT2D eigenvalue weighted by molar-refractivity contribution is 0.131. The summed E-state index contributed by atoms with van der Waals surface area (Å²) in [6.45, 7) is 1.64. The Bertz CT molecular complexity index is 579. The molecule has 2 N–H and O–H groups in total. The second kappa shape index (κ2) is 5.01. The number of aryl methyl sites for hydroxylation is 2. The number of hydrogen-bond donors (Lipinski definition) is 2. The van der Waals surface area contributed by atoms with Crippen LogP contribution in [0.1, 0.15) is 5.69 Å². The van der Waals surface area contributed by atoms with Crippen LogP contribution in [0.5, 0.6) is 0 Å². The molecule has 0 aliphatic heterocycles. The summed E-state index contributed by atoms with van der Waals surface area (Å²) in [5, 5.41) is 16.2. The average Bonchev–Trinajstić information content (AvgIpc) is 2.62. The van der Waals surface area contributed by atoms with Crippen molar-refractivity contribution in [2.24, 2.45) is 7.05 Å². The van der Waals surface area contributed by atoms with Crippen molar-refractivity contribution in [3.05, 3.63) is 18.0 Å². The highest BCUT2D eigenvalue weighted by molar-refractivity contribution is 5.88. The van der Waals surface area contributed by atoms with Gasteiger partial charge in [-0.1, -0.05) is 0 Å². The predicted octanol–water partition coefficient (Wildman–Crippen LogP) is 0.818. The van der Waals surface area contributed by atoms with Crippen LogP contribution in [-0.2, 0) is 11.8 Å². The number of rotatable bonds is 3. The van der Waals surface area contributed by atoms with E-state index >= 15 is 0 Å². The number of aliphatic hydroxyl groups is 1. The fraction of sp³-hybridized carbons (Fsp3) is 0.364. The SMILES string of the molecule is Cc1nn(C)c2ncc(NC(=O)OCCO)cc12. The molecule has 1 amide bonds.